The molecule has 49 heavy (non-hydrogen) atoms. The van der Waals surface area contributed by atoms with Gasteiger partial charge in [-0.05, 0) is 43.4 Å². The predicted molar refractivity (Wildman–Crippen MR) is 177 cm³/mol. The summed E-state index contributed by atoms with van der Waals surface area (Å²) in [4.78, 5) is 82.6. The van der Waals surface area contributed by atoms with Crippen molar-refractivity contribution in [1.82, 2.24) is 9.80 Å². The third kappa shape index (κ3) is 10.7. The number of unbranched alkanes of at least 4 members (excludes halogenated alkanes) is 4. The molecule has 0 bridgehead atoms. The van der Waals surface area contributed by atoms with Crippen molar-refractivity contribution in [3.63, 3.8) is 0 Å². The lowest BCUT2D eigenvalue weighted by Gasteiger charge is -2.49. The van der Waals surface area contributed by atoms with Crippen LogP contribution in [0.4, 0.5) is 0 Å². The first-order valence-electron chi connectivity index (χ1n) is 17.6. The zero-order chi connectivity index (χ0) is 35.9. The molecule has 2 heterocycles. The van der Waals surface area contributed by atoms with Gasteiger partial charge >= 0.3 is 35.7 Å². The first-order chi connectivity index (χ1) is 23.6. The van der Waals surface area contributed by atoms with Gasteiger partial charge in [0.05, 0.1) is 7.11 Å². The summed E-state index contributed by atoms with van der Waals surface area (Å²) in [5.41, 5.74) is 0.645. The summed E-state index contributed by atoms with van der Waals surface area (Å²) in [6, 6.07) is 5.66. The van der Waals surface area contributed by atoms with Crippen LogP contribution in [0, 0.1) is 0 Å². The van der Waals surface area contributed by atoms with E-state index >= 15 is 0 Å². The molecule has 0 saturated carbocycles. The second kappa shape index (κ2) is 19.7. The highest BCUT2D eigenvalue weighted by atomic mass is 16.6. The molecule has 0 N–H and O–H groups in total. The number of benzene rings is 1. The van der Waals surface area contributed by atoms with Crippen LogP contribution in [0.25, 0.3) is 0 Å². The molecule has 3 rings (SSSR count). The van der Waals surface area contributed by atoms with Crippen LogP contribution in [-0.4, -0.2) is 89.7 Å². The van der Waals surface area contributed by atoms with Crippen LogP contribution >= 0.6 is 0 Å². The number of esters is 4. The molecule has 2 saturated heterocycles. The average Bonchev–Trinajstić information content (AvgIpc) is 3.34. The van der Waals surface area contributed by atoms with Crippen molar-refractivity contribution in [3.8, 4) is 5.75 Å². The molecule has 13 heteroatoms. The highest BCUT2D eigenvalue weighted by Gasteiger charge is 2.63. The van der Waals surface area contributed by atoms with Gasteiger partial charge in [0.15, 0.2) is 18.3 Å². The van der Waals surface area contributed by atoms with Gasteiger partial charge in [-0.15, -0.1) is 0 Å². The van der Waals surface area contributed by atoms with Crippen molar-refractivity contribution < 1.29 is 52.5 Å². The minimum absolute atomic E-state index is 0.0351. The molecule has 0 unspecified atom stereocenters. The molecule has 2 aliphatic rings. The maximum Gasteiger partial charge on any atom is 0.314 e. The number of rotatable bonds is 20. The van der Waals surface area contributed by atoms with Crippen molar-refractivity contribution in [2.24, 2.45) is 0 Å². The zero-order valence-electron chi connectivity index (χ0n) is 29.5. The molecule has 13 nitrogen and oxygen atoms in total. The van der Waals surface area contributed by atoms with E-state index in [-0.39, 0.29) is 32.2 Å². The van der Waals surface area contributed by atoms with Gasteiger partial charge in [0.1, 0.15) is 24.6 Å². The van der Waals surface area contributed by atoms with Gasteiger partial charge in [0.25, 0.3) is 0 Å². The Bertz CT molecular complexity index is 1280. The fraction of sp³-hybridized carbons (Fsp3) is 0.667. The van der Waals surface area contributed by atoms with Gasteiger partial charge in [-0.25, -0.2) is 0 Å². The van der Waals surface area contributed by atoms with Crippen molar-refractivity contribution in [2.75, 3.05) is 13.7 Å². The second-order valence-electron chi connectivity index (χ2n) is 12.4. The summed E-state index contributed by atoms with van der Waals surface area (Å²) < 4.78 is 28.9. The Hall–Kier alpha value is -4.16. The Morgan fingerprint density at radius 1 is 0.633 bits per heavy atom. The number of carbonyl (C=O) groups excluding carboxylic acids is 6. The highest BCUT2D eigenvalue weighted by Crippen LogP contribution is 2.38. The van der Waals surface area contributed by atoms with Crippen molar-refractivity contribution in [3.05, 3.63) is 29.8 Å². The van der Waals surface area contributed by atoms with Gasteiger partial charge in [0, 0.05) is 32.2 Å². The van der Waals surface area contributed by atoms with Crippen LogP contribution < -0.4 is 4.74 Å². The van der Waals surface area contributed by atoms with Gasteiger partial charge in [-0.2, -0.15) is 0 Å². The highest BCUT2D eigenvalue weighted by molar-refractivity contribution is 6.37. The number of amides is 2. The summed E-state index contributed by atoms with van der Waals surface area (Å²) in [6.45, 7) is 7.15. The standard InChI is InChI=1S/C36H52N2O11/c1-6-10-14-27(39)46-23-26-31(47-28(40)15-11-7-2)32(48-29(41)16-12-8-3)33(49-30(42)17-13-9-4)34-37(35(43)36(44)38(26)34)22-24-18-20-25(45-5)21-19-24/h18-21,26,31-34H,6-17,22-23H2,1-5H3/t26-,31-,32+,33+,34+/m1/s1. The molecule has 0 aliphatic carbocycles. The largest absolute Gasteiger partial charge is 0.497 e. The van der Waals surface area contributed by atoms with Crippen molar-refractivity contribution >= 4 is 35.7 Å². The summed E-state index contributed by atoms with van der Waals surface area (Å²) in [5, 5.41) is 0. The molecule has 2 aliphatic heterocycles. The van der Waals surface area contributed by atoms with Crippen LogP contribution in [0.1, 0.15) is 110 Å². The van der Waals surface area contributed by atoms with Crippen LogP contribution in [-0.2, 0) is 54.3 Å². The topological polar surface area (TPSA) is 155 Å². The van der Waals surface area contributed by atoms with Gasteiger partial charge in [-0.1, -0.05) is 65.5 Å². The van der Waals surface area contributed by atoms with Gasteiger partial charge in [0.2, 0.25) is 0 Å². The molecule has 272 valence electrons. The van der Waals surface area contributed by atoms with E-state index in [4.69, 9.17) is 23.7 Å². The minimum atomic E-state index is -1.42. The summed E-state index contributed by atoms with van der Waals surface area (Å²) in [7, 11) is 1.53. The van der Waals surface area contributed by atoms with E-state index < -0.39 is 72.8 Å². The molecule has 0 spiro atoms. The van der Waals surface area contributed by atoms with Crippen LogP contribution in [0.15, 0.2) is 24.3 Å². The van der Waals surface area contributed by atoms with Gasteiger partial charge in [-0.3, -0.25) is 33.7 Å². The lowest BCUT2D eigenvalue weighted by Crippen LogP contribution is -2.71. The molecule has 0 aromatic heterocycles. The fourth-order valence-electron chi connectivity index (χ4n) is 5.88. The normalized spacial score (nSPS) is 21.6. The quantitative estimate of drug-likeness (QED) is 0.107. The number of hydrogen-bond acceptors (Lipinski definition) is 11. The molecule has 1 aromatic carbocycles. The number of carbonyl (C=O) groups is 6. The van der Waals surface area contributed by atoms with E-state index in [0.29, 0.717) is 56.3 Å². The second-order valence-corrected chi connectivity index (χ2v) is 12.4. The first-order valence-corrected chi connectivity index (χ1v) is 17.6. The Morgan fingerprint density at radius 2 is 1.10 bits per heavy atom. The molecule has 0 radical (unpaired) electrons. The number of ether oxygens (including phenoxy) is 5. The van der Waals surface area contributed by atoms with Crippen LogP contribution in [0.5, 0.6) is 5.75 Å². The number of methoxy groups -OCH3 is 1. The lowest BCUT2D eigenvalue weighted by atomic mass is 9.90. The third-order valence-electron chi connectivity index (χ3n) is 8.63. The third-order valence-corrected chi connectivity index (χ3v) is 8.63. The Labute approximate surface area is 288 Å². The number of fused-ring (bicyclic) bond motifs is 1. The summed E-state index contributed by atoms with van der Waals surface area (Å²) >= 11 is 0. The zero-order valence-corrected chi connectivity index (χ0v) is 29.5. The molecule has 5 atom stereocenters. The van der Waals surface area contributed by atoms with E-state index in [1.807, 2.05) is 27.7 Å². The van der Waals surface area contributed by atoms with E-state index in [9.17, 15) is 28.8 Å². The van der Waals surface area contributed by atoms with E-state index in [1.165, 1.54) is 16.9 Å². The monoisotopic (exact) mass is 688 g/mol. The van der Waals surface area contributed by atoms with Crippen molar-refractivity contribution in [1.29, 1.82) is 0 Å². The molecule has 2 amide bonds. The number of hydrogen-bond donors (Lipinski definition) is 0. The van der Waals surface area contributed by atoms with E-state index in [1.54, 1.807) is 24.3 Å². The minimum Gasteiger partial charge on any atom is -0.497 e. The number of piperidine rings is 1. The smallest absolute Gasteiger partial charge is 0.314 e. The first kappa shape index (κ1) is 39.3. The van der Waals surface area contributed by atoms with Crippen LogP contribution in [0.3, 0.4) is 0 Å². The maximum atomic E-state index is 13.9. The van der Waals surface area contributed by atoms with Crippen molar-refractivity contribution in [2.45, 2.75) is 142 Å². The fourth-order valence-corrected chi connectivity index (χ4v) is 5.88. The molecular formula is C36H52N2O11. The Morgan fingerprint density at radius 3 is 1.59 bits per heavy atom. The molecule has 1 aromatic rings. The van der Waals surface area contributed by atoms with E-state index in [2.05, 4.69) is 0 Å². The predicted octanol–water partition coefficient (Wildman–Crippen LogP) is 4.61. The molecular weight excluding hydrogens is 636 g/mol. The number of nitrogens with zero attached hydrogens (tertiary/aromatic N) is 2. The maximum absolute atomic E-state index is 13.9. The Balaban J connectivity index is 2.17. The Kier molecular flexibility index (Phi) is 15.8. The van der Waals surface area contributed by atoms with Crippen LogP contribution in [0.2, 0.25) is 0 Å². The average molecular weight is 689 g/mol. The lowest BCUT2D eigenvalue weighted by molar-refractivity contribution is -0.227. The SMILES string of the molecule is CCCCC(=O)OC[C@@H]1[C@@H](OC(=O)CCCC)[C@H](OC(=O)CCCC)[C@H](OC(=O)CCCC)[C@H]2N(Cc3ccc(OC)cc3)C(=O)C(=O)N12. The molecule has 2 fully saturated rings. The van der Waals surface area contributed by atoms with E-state index in [0.717, 1.165) is 6.42 Å². The summed E-state index contributed by atoms with van der Waals surface area (Å²) in [6.07, 6.45) is -0.299. The summed E-state index contributed by atoms with van der Waals surface area (Å²) in [5.74, 6) is -3.68. The van der Waals surface area contributed by atoms with Gasteiger partial charge < -0.3 is 28.6 Å².